The number of aryl methyl sites for hydroxylation is 1. The molecule has 0 bridgehead atoms. The molecule has 1 unspecified atom stereocenters. The van der Waals surface area contributed by atoms with Gasteiger partial charge in [0, 0.05) is 30.0 Å². The Labute approximate surface area is 179 Å². The Morgan fingerprint density at radius 2 is 1.93 bits per heavy atom. The summed E-state index contributed by atoms with van der Waals surface area (Å²) in [4.78, 5) is 28.4. The Hall–Kier alpha value is -2.99. The molecule has 3 aromatic rings. The summed E-state index contributed by atoms with van der Waals surface area (Å²) in [5.74, 6) is -0.609. The van der Waals surface area contributed by atoms with E-state index in [2.05, 4.69) is 5.32 Å². The summed E-state index contributed by atoms with van der Waals surface area (Å²) in [6, 6.07) is 15.7. The van der Waals surface area contributed by atoms with Crippen LogP contribution in [0.15, 0.2) is 60.0 Å². The first kappa shape index (κ1) is 20.3. The topological polar surface area (TPSA) is 49.4 Å². The van der Waals surface area contributed by atoms with Crippen molar-refractivity contribution in [2.24, 2.45) is 0 Å². The van der Waals surface area contributed by atoms with Crippen molar-refractivity contribution < 1.29 is 14.0 Å². The largest absolute Gasteiger partial charge is 0.331 e. The zero-order valence-electron chi connectivity index (χ0n) is 16.7. The van der Waals surface area contributed by atoms with Gasteiger partial charge in [0.15, 0.2) is 0 Å². The monoisotopic (exact) mass is 422 g/mol. The van der Waals surface area contributed by atoms with Gasteiger partial charge in [-0.3, -0.25) is 9.59 Å². The van der Waals surface area contributed by atoms with Crippen LogP contribution in [0.25, 0.3) is 0 Å². The summed E-state index contributed by atoms with van der Waals surface area (Å²) in [5, 5.41) is 4.85. The fraction of sp³-hybridized carbons (Fsp3) is 0.250. The van der Waals surface area contributed by atoms with Gasteiger partial charge in [0.2, 0.25) is 11.8 Å². The molecule has 0 radical (unpaired) electrons. The van der Waals surface area contributed by atoms with Gasteiger partial charge in [-0.25, -0.2) is 4.39 Å². The first-order valence-corrected chi connectivity index (χ1v) is 10.9. The minimum Gasteiger partial charge on any atom is -0.331 e. The number of thiophene rings is 1. The van der Waals surface area contributed by atoms with Crippen LogP contribution < -0.4 is 5.32 Å². The predicted octanol–water partition coefficient (Wildman–Crippen LogP) is 5.09. The number of amides is 2. The summed E-state index contributed by atoms with van der Waals surface area (Å²) < 4.78 is 13.9. The van der Waals surface area contributed by atoms with E-state index in [0.717, 1.165) is 28.8 Å². The first-order valence-electron chi connectivity index (χ1n) is 9.99. The predicted molar refractivity (Wildman–Crippen MR) is 117 cm³/mol. The number of rotatable bonds is 5. The molecule has 2 amide bonds. The first-order chi connectivity index (χ1) is 14.5. The van der Waals surface area contributed by atoms with Crippen LogP contribution in [0.4, 0.5) is 10.1 Å². The minimum absolute atomic E-state index is 0.0971. The molecular formula is C24H23FN2O2S. The zero-order valence-corrected chi connectivity index (χ0v) is 17.5. The van der Waals surface area contributed by atoms with E-state index < -0.39 is 0 Å². The lowest BCUT2D eigenvalue weighted by atomic mass is 9.92. The highest BCUT2D eigenvalue weighted by molar-refractivity contribution is 7.10. The van der Waals surface area contributed by atoms with Gasteiger partial charge in [0.25, 0.3) is 0 Å². The third kappa shape index (κ3) is 4.44. The van der Waals surface area contributed by atoms with E-state index in [-0.39, 0.29) is 36.5 Å². The molecule has 154 valence electrons. The van der Waals surface area contributed by atoms with Crippen LogP contribution in [-0.2, 0) is 16.0 Å². The fourth-order valence-corrected chi connectivity index (χ4v) is 4.75. The van der Waals surface area contributed by atoms with E-state index in [1.165, 1.54) is 17.0 Å². The molecule has 0 aliphatic carbocycles. The standard InChI is InChI=1S/C24H23FN2O2S/c1-16-5-7-19(8-6-16)26-22(28)9-10-23(29)27-13-11-21-20(12-14-30-21)24(27)17-3-2-4-18(25)15-17/h2-8,12,14-15,24H,9-11,13H2,1H3,(H,26,28). The molecule has 0 saturated heterocycles. The van der Waals surface area contributed by atoms with E-state index in [0.29, 0.717) is 6.54 Å². The molecule has 0 spiro atoms. The summed E-state index contributed by atoms with van der Waals surface area (Å²) in [6.07, 6.45) is 0.999. The average molecular weight is 423 g/mol. The molecule has 1 aliphatic rings. The van der Waals surface area contributed by atoms with Gasteiger partial charge in [0.05, 0.1) is 6.04 Å². The number of anilines is 1. The summed E-state index contributed by atoms with van der Waals surface area (Å²) in [5.41, 5.74) is 3.64. The van der Waals surface area contributed by atoms with Crippen molar-refractivity contribution >= 4 is 28.8 Å². The summed E-state index contributed by atoms with van der Waals surface area (Å²) >= 11 is 1.67. The quantitative estimate of drug-likeness (QED) is 0.623. The number of carbonyl (C=O) groups excluding carboxylic acids is 2. The number of carbonyl (C=O) groups is 2. The number of benzene rings is 2. The van der Waals surface area contributed by atoms with Crippen LogP contribution in [0, 0.1) is 12.7 Å². The lowest BCUT2D eigenvalue weighted by molar-refractivity contribution is -0.134. The molecule has 2 aromatic carbocycles. The third-order valence-corrected chi connectivity index (χ3v) is 6.35. The smallest absolute Gasteiger partial charge is 0.224 e. The number of nitrogens with zero attached hydrogens (tertiary/aromatic N) is 1. The maximum Gasteiger partial charge on any atom is 0.224 e. The Balaban J connectivity index is 1.47. The van der Waals surface area contributed by atoms with Crippen molar-refractivity contribution in [3.8, 4) is 0 Å². The van der Waals surface area contributed by atoms with Crippen LogP contribution in [-0.4, -0.2) is 23.3 Å². The Morgan fingerprint density at radius 3 is 2.70 bits per heavy atom. The number of fused-ring (bicyclic) bond motifs is 1. The molecule has 30 heavy (non-hydrogen) atoms. The molecule has 0 saturated carbocycles. The minimum atomic E-state index is -0.320. The zero-order chi connectivity index (χ0) is 21.1. The van der Waals surface area contributed by atoms with Crippen molar-refractivity contribution in [3.05, 3.63) is 87.4 Å². The van der Waals surface area contributed by atoms with E-state index in [1.54, 1.807) is 22.3 Å². The van der Waals surface area contributed by atoms with Crippen molar-refractivity contribution in [2.75, 3.05) is 11.9 Å². The SMILES string of the molecule is Cc1ccc(NC(=O)CCC(=O)N2CCc3sccc3C2c2cccc(F)c2)cc1. The number of nitrogens with one attached hydrogen (secondary N) is 1. The van der Waals surface area contributed by atoms with Crippen LogP contribution in [0.2, 0.25) is 0 Å². The van der Waals surface area contributed by atoms with Crippen molar-refractivity contribution in [2.45, 2.75) is 32.2 Å². The van der Waals surface area contributed by atoms with Gasteiger partial charge >= 0.3 is 0 Å². The van der Waals surface area contributed by atoms with Crippen LogP contribution in [0.1, 0.15) is 40.5 Å². The molecule has 1 atom stereocenters. The van der Waals surface area contributed by atoms with E-state index in [4.69, 9.17) is 0 Å². The van der Waals surface area contributed by atoms with Gasteiger partial charge in [-0.2, -0.15) is 0 Å². The Kier molecular flexibility index (Phi) is 5.95. The second-order valence-electron chi connectivity index (χ2n) is 7.51. The van der Waals surface area contributed by atoms with Crippen molar-refractivity contribution in [1.29, 1.82) is 0 Å². The second-order valence-corrected chi connectivity index (χ2v) is 8.51. The van der Waals surface area contributed by atoms with E-state index >= 15 is 0 Å². The molecule has 6 heteroatoms. The molecule has 1 aromatic heterocycles. The molecule has 2 heterocycles. The number of hydrogen-bond donors (Lipinski definition) is 1. The van der Waals surface area contributed by atoms with Gasteiger partial charge in [-0.05, 0) is 60.2 Å². The maximum atomic E-state index is 13.9. The van der Waals surface area contributed by atoms with Gasteiger partial charge in [0.1, 0.15) is 5.82 Å². The van der Waals surface area contributed by atoms with Gasteiger partial charge in [-0.1, -0.05) is 29.8 Å². The Bertz CT molecular complexity index is 1060. The number of hydrogen-bond acceptors (Lipinski definition) is 3. The average Bonchev–Trinajstić information content (AvgIpc) is 3.22. The maximum absolute atomic E-state index is 13.9. The molecule has 0 fully saturated rings. The second kappa shape index (κ2) is 8.79. The lowest BCUT2D eigenvalue weighted by Crippen LogP contribution is -2.40. The van der Waals surface area contributed by atoms with E-state index in [9.17, 15) is 14.0 Å². The van der Waals surface area contributed by atoms with Gasteiger partial charge in [-0.15, -0.1) is 11.3 Å². The van der Waals surface area contributed by atoms with Crippen LogP contribution in [0.3, 0.4) is 0 Å². The molecular weight excluding hydrogens is 399 g/mol. The summed E-state index contributed by atoms with van der Waals surface area (Å²) in [6.45, 7) is 2.55. The highest BCUT2D eigenvalue weighted by Crippen LogP contribution is 2.38. The molecule has 1 aliphatic heterocycles. The highest BCUT2D eigenvalue weighted by Gasteiger charge is 2.32. The molecule has 4 nitrogen and oxygen atoms in total. The number of halogens is 1. The Morgan fingerprint density at radius 1 is 1.13 bits per heavy atom. The van der Waals surface area contributed by atoms with Crippen LogP contribution >= 0.6 is 11.3 Å². The summed E-state index contributed by atoms with van der Waals surface area (Å²) in [7, 11) is 0. The highest BCUT2D eigenvalue weighted by atomic mass is 32.1. The van der Waals surface area contributed by atoms with Crippen LogP contribution in [0.5, 0.6) is 0 Å². The van der Waals surface area contributed by atoms with Crippen molar-refractivity contribution in [1.82, 2.24) is 4.90 Å². The van der Waals surface area contributed by atoms with E-state index in [1.807, 2.05) is 48.7 Å². The van der Waals surface area contributed by atoms with Gasteiger partial charge < -0.3 is 10.2 Å². The normalized spacial score (nSPS) is 15.5. The third-order valence-electron chi connectivity index (χ3n) is 5.35. The molecule has 4 rings (SSSR count). The molecule has 1 N–H and O–H groups in total. The van der Waals surface area contributed by atoms with Crippen molar-refractivity contribution in [3.63, 3.8) is 0 Å². The fourth-order valence-electron chi connectivity index (χ4n) is 3.85. The lowest BCUT2D eigenvalue weighted by Gasteiger charge is -2.36.